The fourth-order valence-electron chi connectivity index (χ4n) is 3.64. The Balaban J connectivity index is 1.94. The molecule has 1 aliphatic heterocycles. The zero-order valence-corrected chi connectivity index (χ0v) is 18.9. The van der Waals surface area contributed by atoms with Crippen LogP contribution in [0.25, 0.3) is 5.76 Å². The van der Waals surface area contributed by atoms with Gasteiger partial charge in [-0.05, 0) is 48.2 Å². The normalized spacial score (nSPS) is 17.9. The van der Waals surface area contributed by atoms with E-state index in [9.17, 15) is 14.7 Å². The van der Waals surface area contributed by atoms with E-state index >= 15 is 0 Å². The summed E-state index contributed by atoms with van der Waals surface area (Å²) in [5.74, 6) is -1.58. The van der Waals surface area contributed by atoms with E-state index in [1.807, 2.05) is 42.6 Å². The van der Waals surface area contributed by atoms with Crippen molar-refractivity contribution in [1.82, 2.24) is 0 Å². The van der Waals surface area contributed by atoms with E-state index < -0.39 is 17.7 Å². The van der Waals surface area contributed by atoms with Gasteiger partial charge < -0.3 is 9.84 Å². The molecule has 1 unspecified atom stereocenters. The first kappa shape index (κ1) is 21.4. The van der Waals surface area contributed by atoms with Gasteiger partial charge in [-0.3, -0.25) is 14.5 Å². The van der Waals surface area contributed by atoms with Gasteiger partial charge in [-0.1, -0.05) is 41.4 Å². The maximum Gasteiger partial charge on any atom is 0.300 e. The van der Waals surface area contributed by atoms with E-state index in [0.29, 0.717) is 5.69 Å². The highest BCUT2D eigenvalue weighted by molar-refractivity contribution is 7.10. The molecule has 1 N–H and O–H groups in total. The summed E-state index contributed by atoms with van der Waals surface area (Å²) in [6.45, 7) is 1.90. The zero-order chi connectivity index (χ0) is 22.3. The standard InChI is InChI=1S/C23H17Cl2NO4S/c1-12-5-3-6-14(9-12)26-19(17-7-4-8-31-17)18(21(28)23(26)29)20(27)13-10-15(24)22(30-2)16(25)11-13/h3-11,19,27H,1-2H3/b20-18-. The molecule has 4 rings (SSSR count). The first-order valence-corrected chi connectivity index (χ1v) is 10.9. The van der Waals surface area contributed by atoms with Gasteiger partial charge in [-0.25, -0.2) is 0 Å². The number of halogens is 2. The lowest BCUT2D eigenvalue weighted by atomic mass is 9.99. The molecule has 1 atom stereocenters. The second kappa shape index (κ2) is 8.38. The highest BCUT2D eigenvalue weighted by Crippen LogP contribution is 2.44. The van der Waals surface area contributed by atoms with Gasteiger partial charge in [-0.15, -0.1) is 11.3 Å². The van der Waals surface area contributed by atoms with E-state index in [1.165, 1.54) is 35.5 Å². The Bertz CT molecular complexity index is 1200. The predicted octanol–water partition coefficient (Wildman–Crippen LogP) is 6.00. The molecule has 158 valence electrons. The van der Waals surface area contributed by atoms with Gasteiger partial charge in [-0.2, -0.15) is 0 Å². The molecule has 1 fully saturated rings. The summed E-state index contributed by atoms with van der Waals surface area (Å²) in [6.07, 6.45) is 0. The smallest absolute Gasteiger partial charge is 0.300 e. The van der Waals surface area contributed by atoms with Crippen molar-refractivity contribution in [3.05, 3.63) is 85.5 Å². The lowest BCUT2D eigenvalue weighted by molar-refractivity contribution is -0.132. The Morgan fingerprint density at radius 3 is 2.39 bits per heavy atom. The van der Waals surface area contributed by atoms with Gasteiger partial charge in [0.15, 0.2) is 5.75 Å². The number of nitrogens with zero attached hydrogens (tertiary/aromatic N) is 1. The number of hydrogen-bond acceptors (Lipinski definition) is 5. The summed E-state index contributed by atoms with van der Waals surface area (Å²) in [5, 5.41) is 13.3. The van der Waals surface area contributed by atoms with Gasteiger partial charge in [0.2, 0.25) is 0 Å². The van der Waals surface area contributed by atoms with Crippen LogP contribution >= 0.6 is 34.5 Å². The number of methoxy groups -OCH3 is 1. The summed E-state index contributed by atoms with van der Waals surface area (Å²) < 4.78 is 5.15. The highest BCUT2D eigenvalue weighted by atomic mass is 35.5. The Hall–Kier alpha value is -2.80. The molecule has 0 saturated carbocycles. The van der Waals surface area contributed by atoms with Gasteiger partial charge in [0.1, 0.15) is 11.8 Å². The first-order chi connectivity index (χ1) is 14.8. The molecular weight excluding hydrogens is 457 g/mol. The number of carbonyl (C=O) groups excluding carboxylic acids is 2. The number of hydrogen-bond donors (Lipinski definition) is 1. The molecule has 5 nitrogen and oxygen atoms in total. The van der Waals surface area contributed by atoms with Gasteiger partial charge in [0, 0.05) is 16.1 Å². The molecule has 2 aromatic carbocycles. The molecular formula is C23H17Cl2NO4S. The Morgan fingerprint density at radius 1 is 1.10 bits per heavy atom. The van der Waals surface area contributed by atoms with E-state index in [2.05, 4.69) is 0 Å². The number of benzene rings is 2. The maximum absolute atomic E-state index is 13.1. The zero-order valence-electron chi connectivity index (χ0n) is 16.6. The topological polar surface area (TPSA) is 66.8 Å². The third kappa shape index (κ3) is 3.71. The molecule has 0 aliphatic carbocycles. The second-order valence-corrected chi connectivity index (χ2v) is 8.79. The lowest BCUT2D eigenvalue weighted by Gasteiger charge is -2.24. The fourth-order valence-corrected chi connectivity index (χ4v) is 5.10. The monoisotopic (exact) mass is 473 g/mol. The fraction of sp³-hybridized carbons (Fsp3) is 0.130. The third-order valence-corrected chi connectivity index (χ3v) is 6.50. The average molecular weight is 474 g/mol. The summed E-state index contributed by atoms with van der Waals surface area (Å²) in [5.41, 5.74) is 1.72. The van der Waals surface area contributed by atoms with Crippen LogP contribution in [-0.2, 0) is 9.59 Å². The van der Waals surface area contributed by atoms with Crippen molar-refractivity contribution >= 4 is 57.7 Å². The molecule has 1 aliphatic rings. The van der Waals surface area contributed by atoms with Gasteiger partial charge >= 0.3 is 0 Å². The van der Waals surface area contributed by atoms with E-state index in [-0.39, 0.29) is 32.7 Å². The lowest BCUT2D eigenvalue weighted by Crippen LogP contribution is -2.29. The molecule has 1 saturated heterocycles. The quantitative estimate of drug-likeness (QED) is 0.286. The Labute approximate surface area is 193 Å². The number of Topliss-reactive ketones (excluding diaryl/α,β-unsaturated/α-hetero) is 1. The van der Waals surface area contributed by atoms with E-state index in [4.69, 9.17) is 27.9 Å². The number of anilines is 1. The number of thiophene rings is 1. The first-order valence-electron chi connectivity index (χ1n) is 9.28. The van der Waals surface area contributed by atoms with Crippen molar-refractivity contribution in [2.75, 3.05) is 12.0 Å². The van der Waals surface area contributed by atoms with Crippen LogP contribution < -0.4 is 9.64 Å². The van der Waals surface area contributed by atoms with Crippen LogP contribution in [-0.4, -0.2) is 23.9 Å². The summed E-state index contributed by atoms with van der Waals surface area (Å²) in [6, 6.07) is 13.1. The van der Waals surface area contributed by atoms with Crippen molar-refractivity contribution in [2.45, 2.75) is 13.0 Å². The second-order valence-electron chi connectivity index (χ2n) is 7.00. The number of rotatable bonds is 4. The largest absolute Gasteiger partial charge is 0.507 e. The number of ether oxygens (including phenoxy) is 1. The Kier molecular flexibility index (Phi) is 5.79. The van der Waals surface area contributed by atoms with Crippen LogP contribution in [0.3, 0.4) is 0 Å². The van der Waals surface area contributed by atoms with E-state index in [1.54, 1.807) is 6.07 Å². The average Bonchev–Trinajstić information content (AvgIpc) is 3.34. The van der Waals surface area contributed by atoms with Crippen LogP contribution in [0, 0.1) is 6.92 Å². The highest BCUT2D eigenvalue weighted by Gasteiger charge is 2.47. The minimum Gasteiger partial charge on any atom is -0.507 e. The number of amides is 1. The summed E-state index contributed by atoms with van der Waals surface area (Å²) in [4.78, 5) is 28.3. The molecule has 31 heavy (non-hydrogen) atoms. The molecule has 0 bridgehead atoms. The number of aliphatic hydroxyl groups is 1. The number of carbonyl (C=O) groups is 2. The molecule has 0 radical (unpaired) electrons. The molecule has 2 heterocycles. The van der Waals surface area contributed by atoms with Crippen LogP contribution in [0.4, 0.5) is 5.69 Å². The minimum atomic E-state index is -0.777. The van der Waals surface area contributed by atoms with Crippen LogP contribution in [0.5, 0.6) is 5.75 Å². The predicted molar refractivity (Wildman–Crippen MR) is 123 cm³/mol. The minimum absolute atomic E-state index is 0.0220. The van der Waals surface area contributed by atoms with Gasteiger partial charge in [0.25, 0.3) is 11.7 Å². The SMILES string of the molecule is COc1c(Cl)cc(/C(O)=C2/C(=O)C(=O)N(c3cccc(C)c3)C2c2cccs2)cc1Cl. The summed E-state index contributed by atoms with van der Waals surface area (Å²) in [7, 11) is 1.43. The molecule has 3 aromatic rings. The number of aliphatic hydroxyl groups excluding tert-OH is 1. The van der Waals surface area contributed by atoms with Crippen LogP contribution in [0.2, 0.25) is 10.0 Å². The van der Waals surface area contributed by atoms with Crippen molar-refractivity contribution in [3.8, 4) is 5.75 Å². The van der Waals surface area contributed by atoms with Crippen molar-refractivity contribution in [1.29, 1.82) is 0 Å². The molecule has 1 aromatic heterocycles. The number of ketones is 1. The van der Waals surface area contributed by atoms with Crippen molar-refractivity contribution < 1.29 is 19.4 Å². The number of aryl methyl sites for hydroxylation is 1. The third-order valence-electron chi connectivity index (χ3n) is 5.01. The van der Waals surface area contributed by atoms with Gasteiger partial charge in [0.05, 0.1) is 22.7 Å². The molecule has 8 heteroatoms. The molecule has 0 spiro atoms. The maximum atomic E-state index is 13.1. The van der Waals surface area contributed by atoms with E-state index in [0.717, 1.165) is 10.4 Å². The van der Waals surface area contributed by atoms with Crippen molar-refractivity contribution in [2.24, 2.45) is 0 Å². The van der Waals surface area contributed by atoms with Crippen molar-refractivity contribution in [3.63, 3.8) is 0 Å². The van der Waals surface area contributed by atoms with Crippen LogP contribution in [0.1, 0.15) is 22.0 Å². The molecule has 1 amide bonds. The summed E-state index contributed by atoms with van der Waals surface area (Å²) >= 11 is 13.8. The Morgan fingerprint density at radius 2 is 1.81 bits per heavy atom. The van der Waals surface area contributed by atoms with Crippen LogP contribution in [0.15, 0.2) is 59.5 Å².